The van der Waals surface area contributed by atoms with E-state index < -0.39 is 0 Å². The number of carbonyl (C=O) groups excluding carboxylic acids is 1. The van der Waals surface area contributed by atoms with Crippen molar-refractivity contribution < 1.29 is 9.53 Å². The third-order valence-corrected chi connectivity index (χ3v) is 5.35. The second kappa shape index (κ2) is 9.05. The molecule has 0 unspecified atom stereocenters. The zero-order valence-electron chi connectivity index (χ0n) is 15.4. The van der Waals surface area contributed by atoms with Crippen LogP contribution in [0.2, 0.25) is 0 Å². The van der Waals surface area contributed by atoms with Crippen LogP contribution in [0.15, 0.2) is 47.5 Å². The molecule has 1 aliphatic heterocycles. The lowest BCUT2D eigenvalue weighted by Crippen LogP contribution is -2.35. The van der Waals surface area contributed by atoms with Gasteiger partial charge in [0.2, 0.25) is 0 Å². The third-order valence-electron chi connectivity index (χ3n) is 4.63. The smallest absolute Gasteiger partial charge is 0.257 e. The van der Waals surface area contributed by atoms with Gasteiger partial charge in [-0.05, 0) is 43.0 Å². The van der Waals surface area contributed by atoms with Gasteiger partial charge in [0.25, 0.3) is 5.91 Å². The number of hydrogen-bond acceptors (Lipinski definition) is 5. The van der Waals surface area contributed by atoms with Crippen molar-refractivity contribution in [3.63, 3.8) is 0 Å². The van der Waals surface area contributed by atoms with Crippen LogP contribution in [-0.2, 0) is 6.54 Å². The second-order valence-electron chi connectivity index (χ2n) is 6.31. The number of hydrogen-bond donors (Lipinski definition) is 0. The number of methoxy groups -OCH3 is 1. The maximum Gasteiger partial charge on any atom is 0.257 e. The first-order chi connectivity index (χ1) is 12.7. The van der Waals surface area contributed by atoms with Crippen LogP contribution in [0.5, 0.6) is 5.75 Å². The van der Waals surface area contributed by atoms with Crippen molar-refractivity contribution in [2.75, 3.05) is 39.5 Å². The van der Waals surface area contributed by atoms with Gasteiger partial charge >= 0.3 is 0 Å². The van der Waals surface area contributed by atoms with Crippen LogP contribution in [0, 0.1) is 0 Å². The van der Waals surface area contributed by atoms with Crippen LogP contribution >= 0.6 is 11.8 Å². The van der Waals surface area contributed by atoms with Crippen LogP contribution in [0.3, 0.4) is 0 Å². The minimum atomic E-state index is 0.0502. The van der Waals surface area contributed by atoms with E-state index in [4.69, 9.17) is 4.74 Å². The molecule has 5 nitrogen and oxygen atoms in total. The van der Waals surface area contributed by atoms with E-state index >= 15 is 0 Å². The van der Waals surface area contributed by atoms with E-state index in [1.54, 1.807) is 18.9 Å². The van der Waals surface area contributed by atoms with Crippen molar-refractivity contribution in [1.82, 2.24) is 14.8 Å². The minimum Gasteiger partial charge on any atom is -0.496 e. The topological polar surface area (TPSA) is 45.7 Å². The van der Waals surface area contributed by atoms with Crippen molar-refractivity contribution in [2.45, 2.75) is 17.9 Å². The maximum absolute atomic E-state index is 13.0. The van der Waals surface area contributed by atoms with E-state index in [1.807, 2.05) is 53.8 Å². The molecule has 0 spiro atoms. The SMILES string of the molecule is COc1cc(SC)ccc1C(=O)N1CCCN(Cc2ccccn2)CC1. The van der Waals surface area contributed by atoms with Gasteiger partial charge in [0.15, 0.2) is 0 Å². The van der Waals surface area contributed by atoms with Crippen LogP contribution in [-0.4, -0.2) is 60.2 Å². The number of amides is 1. The van der Waals surface area contributed by atoms with Crippen molar-refractivity contribution >= 4 is 17.7 Å². The average Bonchev–Trinajstić information content (AvgIpc) is 2.93. The zero-order chi connectivity index (χ0) is 18.4. The number of aromatic nitrogens is 1. The van der Waals surface area contributed by atoms with E-state index in [-0.39, 0.29) is 5.91 Å². The molecule has 6 heteroatoms. The Hall–Kier alpha value is -2.05. The standard InChI is InChI=1S/C20H25N3O2S/c1-25-19-14-17(26-2)7-8-18(19)20(24)23-11-5-10-22(12-13-23)15-16-6-3-4-9-21-16/h3-4,6-9,14H,5,10-13,15H2,1-2H3. The highest BCUT2D eigenvalue weighted by Crippen LogP contribution is 2.26. The third kappa shape index (κ3) is 4.56. The molecule has 138 valence electrons. The first kappa shape index (κ1) is 18.7. The van der Waals surface area contributed by atoms with Gasteiger partial charge in [0.1, 0.15) is 5.75 Å². The summed E-state index contributed by atoms with van der Waals surface area (Å²) >= 11 is 1.64. The minimum absolute atomic E-state index is 0.0502. The molecule has 0 radical (unpaired) electrons. The molecule has 0 saturated carbocycles. The van der Waals surface area contributed by atoms with E-state index in [9.17, 15) is 4.79 Å². The van der Waals surface area contributed by atoms with Gasteiger partial charge in [-0.2, -0.15) is 0 Å². The predicted molar refractivity (Wildman–Crippen MR) is 105 cm³/mol. The summed E-state index contributed by atoms with van der Waals surface area (Å²) in [5, 5.41) is 0. The number of rotatable bonds is 5. The Morgan fingerprint density at radius 1 is 1.19 bits per heavy atom. The first-order valence-corrected chi connectivity index (χ1v) is 10.1. The van der Waals surface area contributed by atoms with E-state index in [1.165, 1.54) is 0 Å². The fraction of sp³-hybridized carbons (Fsp3) is 0.400. The summed E-state index contributed by atoms with van der Waals surface area (Å²) in [6.07, 6.45) is 4.80. The van der Waals surface area contributed by atoms with Crippen molar-refractivity contribution in [3.05, 3.63) is 53.9 Å². The summed E-state index contributed by atoms with van der Waals surface area (Å²) in [5.74, 6) is 0.700. The molecule has 0 bridgehead atoms. The molecule has 0 aliphatic carbocycles. The van der Waals surface area contributed by atoms with Crippen molar-refractivity contribution in [1.29, 1.82) is 0 Å². The Morgan fingerprint density at radius 2 is 2.08 bits per heavy atom. The van der Waals surface area contributed by atoms with Crippen LogP contribution in [0.25, 0.3) is 0 Å². The summed E-state index contributed by atoms with van der Waals surface area (Å²) < 4.78 is 5.45. The Bertz CT molecular complexity index is 739. The summed E-state index contributed by atoms with van der Waals surface area (Å²) in [5.41, 5.74) is 1.71. The largest absolute Gasteiger partial charge is 0.496 e. The highest BCUT2D eigenvalue weighted by atomic mass is 32.2. The van der Waals surface area contributed by atoms with Crippen molar-refractivity contribution in [2.24, 2.45) is 0 Å². The van der Waals surface area contributed by atoms with Crippen LogP contribution < -0.4 is 4.74 Å². The van der Waals surface area contributed by atoms with E-state index in [0.29, 0.717) is 11.3 Å². The molecule has 0 N–H and O–H groups in total. The Balaban J connectivity index is 1.66. The highest BCUT2D eigenvalue weighted by molar-refractivity contribution is 7.98. The quantitative estimate of drug-likeness (QED) is 0.756. The fourth-order valence-electron chi connectivity index (χ4n) is 3.20. The summed E-state index contributed by atoms with van der Waals surface area (Å²) in [6.45, 7) is 4.15. The molecule has 1 amide bonds. The van der Waals surface area contributed by atoms with Gasteiger partial charge in [-0.25, -0.2) is 0 Å². The zero-order valence-corrected chi connectivity index (χ0v) is 16.2. The molecule has 1 aromatic carbocycles. The Morgan fingerprint density at radius 3 is 2.81 bits per heavy atom. The lowest BCUT2D eigenvalue weighted by atomic mass is 10.1. The molecular weight excluding hydrogens is 346 g/mol. The lowest BCUT2D eigenvalue weighted by Gasteiger charge is -2.22. The number of thioether (sulfide) groups is 1. The van der Waals surface area contributed by atoms with Gasteiger partial charge in [0.05, 0.1) is 18.4 Å². The molecule has 1 aromatic heterocycles. The highest BCUT2D eigenvalue weighted by Gasteiger charge is 2.23. The number of ether oxygens (including phenoxy) is 1. The molecule has 1 saturated heterocycles. The second-order valence-corrected chi connectivity index (χ2v) is 7.19. The van der Waals surface area contributed by atoms with E-state index in [0.717, 1.165) is 49.7 Å². The Labute approximate surface area is 159 Å². The molecule has 2 heterocycles. The number of benzene rings is 1. The van der Waals surface area contributed by atoms with Gasteiger partial charge in [-0.15, -0.1) is 11.8 Å². The fourth-order valence-corrected chi connectivity index (χ4v) is 3.63. The summed E-state index contributed by atoms with van der Waals surface area (Å²) in [4.78, 5) is 22.8. The Kier molecular flexibility index (Phi) is 6.52. The molecular formula is C20H25N3O2S. The number of carbonyl (C=O) groups is 1. The molecule has 1 fully saturated rings. The molecule has 1 aliphatic rings. The van der Waals surface area contributed by atoms with Crippen LogP contribution in [0.1, 0.15) is 22.5 Å². The molecule has 3 rings (SSSR count). The predicted octanol–water partition coefficient (Wildman–Crippen LogP) is 3.16. The van der Waals surface area contributed by atoms with Crippen LogP contribution in [0.4, 0.5) is 0 Å². The number of pyridine rings is 1. The van der Waals surface area contributed by atoms with Gasteiger partial charge in [0, 0.05) is 43.8 Å². The maximum atomic E-state index is 13.0. The monoisotopic (exact) mass is 371 g/mol. The summed E-state index contributed by atoms with van der Waals surface area (Å²) in [6, 6.07) is 11.8. The van der Waals surface area contributed by atoms with Gasteiger partial charge in [-0.1, -0.05) is 6.07 Å². The number of nitrogens with zero attached hydrogens (tertiary/aromatic N) is 3. The molecule has 0 atom stereocenters. The van der Waals surface area contributed by atoms with Gasteiger partial charge in [-0.3, -0.25) is 14.7 Å². The summed E-state index contributed by atoms with van der Waals surface area (Å²) in [7, 11) is 1.62. The average molecular weight is 372 g/mol. The van der Waals surface area contributed by atoms with Crippen molar-refractivity contribution in [3.8, 4) is 5.75 Å². The lowest BCUT2D eigenvalue weighted by molar-refractivity contribution is 0.0757. The molecule has 2 aromatic rings. The first-order valence-electron chi connectivity index (χ1n) is 8.85. The normalized spacial score (nSPS) is 15.5. The van der Waals surface area contributed by atoms with Gasteiger partial charge < -0.3 is 9.64 Å². The molecule has 26 heavy (non-hydrogen) atoms. The van der Waals surface area contributed by atoms with E-state index in [2.05, 4.69) is 9.88 Å².